The van der Waals surface area contributed by atoms with Crippen LogP contribution in [-0.4, -0.2) is 27.8 Å². The van der Waals surface area contributed by atoms with Gasteiger partial charge in [-0.2, -0.15) is 0 Å². The summed E-state index contributed by atoms with van der Waals surface area (Å²) in [6, 6.07) is 5.56. The van der Waals surface area contributed by atoms with Crippen LogP contribution in [0.25, 0.3) is 0 Å². The van der Waals surface area contributed by atoms with Gasteiger partial charge in [0.15, 0.2) is 0 Å². The second-order valence-electron chi connectivity index (χ2n) is 3.44. The third-order valence-electron chi connectivity index (χ3n) is 2.18. The maximum absolute atomic E-state index is 11.1. The quantitative estimate of drug-likeness (QED) is 0.775. The molecule has 4 nitrogen and oxygen atoms in total. The molecule has 0 aliphatic rings. The van der Waals surface area contributed by atoms with Gasteiger partial charge in [0.25, 0.3) is 0 Å². The molecule has 0 aliphatic heterocycles. The molecule has 0 unspecified atom stereocenters. The molecular formula is C10H14BrClN2O2S. The number of nitrogens with one attached hydrogen (secondary N) is 2. The van der Waals surface area contributed by atoms with Crippen molar-refractivity contribution in [2.24, 2.45) is 0 Å². The number of rotatable bonds is 6. The molecular weight excluding hydrogens is 328 g/mol. The van der Waals surface area contributed by atoms with Crippen molar-refractivity contribution in [3.05, 3.63) is 33.3 Å². The van der Waals surface area contributed by atoms with Gasteiger partial charge in [-0.15, -0.1) is 0 Å². The highest BCUT2D eigenvalue weighted by atomic mass is 79.9. The monoisotopic (exact) mass is 340 g/mol. The van der Waals surface area contributed by atoms with Crippen LogP contribution in [0.4, 0.5) is 0 Å². The van der Waals surface area contributed by atoms with Gasteiger partial charge in [0.1, 0.15) is 0 Å². The van der Waals surface area contributed by atoms with Crippen LogP contribution in [0.15, 0.2) is 22.7 Å². The third kappa shape index (κ3) is 5.35. The Balaban J connectivity index is 2.44. The smallest absolute Gasteiger partial charge is 0.212 e. The highest BCUT2D eigenvalue weighted by molar-refractivity contribution is 9.10. The lowest BCUT2D eigenvalue weighted by Gasteiger charge is -2.07. The molecule has 0 saturated heterocycles. The number of sulfonamides is 1. The molecule has 1 rings (SSSR count). The van der Waals surface area contributed by atoms with E-state index >= 15 is 0 Å². The summed E-state index contributed by atoms with van der Waals surface area (Å²) in [5.41, 5.74) is 0.933. The van der Waals surface area contributed by atoms with Gasteiger partial charge in [-0.1, -0.05) is 27.5 Å². The van der Waals surface area contributed by atoms with Crippen molar-refractivity contribution in [3.8, 4) is 0 Å². The molecule has 0 atom stereocenters. The Morgan fingerprint density at radius 2 is 2.12 bits per heavy atom. The Labute approximate surface area is 115 Å². The van der Waals surface area contributed by atoms with E-state index in [1.54, 1.807) is 6.07 Å². The first-order valence-corrected chi connectivity index (χ1v) is 7.83. The minimum Gasteiger partial charge on any atom is -0.312 e. The summed E-state index contributed by atoms with van der Waals surface area (Å²) in [5.74, 6) is 0.0507. The minimum absolute atomic E-state index is 0.0507. The molecule has 1 aromatic rings. The van der Waals surface area contributed by atoms with Gasteiger partial charge < -0.3 is 5.32 Å². The van der Waals surface area contributed by atoms with Gasteiger partial charge in [-0.3, -0.25) is 0 Å². The molecule has 2 N–H and O–H groups in total. The van der Waals surface area contributed by atoms with Crippen LogP contribution in [0, 0.1) is 0 Å². The lowest BCUT2D eigenvalue weighted by molar-refractivity contribution is 0.583. The van der Waals surface area contributed by atoms with Crippen molar-refractivity contribution in [2.75, 3.05) is 19.3 Å². The lowest BCUT2D eigenvalue weighted by atomic mass is 10.2. The molecule has 17 heavy (non-hydrogen) atoms. The maximum Gasteiger partial charge on any atom is 0.212 e. The van der Waals surface area contributed by atoms with Crippen LogP contribution in [-0.2, 0) is 16.6 Å². The van der Waals surface area contributed by atoms with Crippen LogP contribution in [0.5, 0.6) is 0 Å². The van der Waals surface area contributed by atoms with Crippen molar-refractivity contribution in [1.29, 1.82) is 0 Å². The van der Waals surface area contributed by atoms with Crippen molar-refractivity contribution < 1.29 is 8.42 Å². The summed E-state index contributed by atoms with van der Waals surface area (Å²) in [7, 11) is -1.74. The highest BCUT2D eigenvalue weighted by Crippen LogP contribution is 2.20. The molecule has 0 aliphatic carbocycles. The molecule has 0 radical (unpaired) electrons. The standard InChI is InChI=1S/C10H14BrClN2O2S/c1-13-17(15,16)5-4-14-7-8-6-9(11)2-3-10(8)12/h2-3,6,13-14H,4-5,7H2,1H3. The van der Waals surface area contributed by atoms with Gasteiger partial charge in [-0.05, 0) is 30.8 Å². The molecule has 0 saturated carbocycles. The highest BCUT2D eigenvalue weighted by Gasteiger charge is 2.06. The number of hydrogen-bond donors (Lipinski definition) is 2. The molecule has 96 valence electrons. The van der Waals surface area contributed by atoms with Crippen LogP contribution in [0.1, 0.15) is 5.56 Å². The molecule has 0 fully saturated rings. The molecule has 0 bridgehead atoms. The molecule has 0 heterocycles. The third-order valence-corrected chi connectivity index (χ3v) is 4.41. The van der Waals surface area contributed by atoms with E-state index in [0.29, 0.717) is 18.1 Å². The lowest BCUT2D eigenvalue weighted by Crippen LogP contribution is -2.29. The predicted octanol–water partition coefficient (Wildman–Crippen LogP) is 1.74. The fraction of sp³-hybridized carbons (Fsp3) is 0.400. The average Bonchev–Trinajstić information content (AvgIpc) is 2.29. The van der Waals surface area contributed by atoms with E-state index in [4.69, 9.17) is 11.6 Å². The first-order valence-electron chi connectivity index (χ1n) is 5.00. The summed E-state index contributed by atoms with van der Waals surface area (Å²) in [6.45, 7) is 0.920. The van der Waals surface area contributed by atoms with E-state index in [0.717, 1.165) is 10.0 Å². The molecule has 7 heteroatoms. The van der Waals surface area contributed by atoms with Crippen molar-refractivity contribution in [3.63, 3.8) is 0 Å². The Kier molecular flexibility index (Phi) is 5.88. The topological polar surface area (TPSA) is 58.2 Å². The van der Waals surface area contributed by atoms with E-state index < -0.39 is 10.0 Å². The van der Waals surface area contributed by atoms with E-state index in [1.807, 2.05) is 12.1 Å². The van der Waals surface area contributed by atoms with Gasteiger partial charge in [0, 0.05) is 22.6 Å². The zero-order chi connectivity index (χ0) is 12.9. The van der Waals surface area contributed by atoms with Crippen LogP contribution in [0.3, 0.4) is 0 Å². The summed E-state index contributed by atoms with van der Waals surface area (Å²) in [6.07, 6.45) is 0. The van der Waals surface area contributed by atoms with Gasteiger partial charge >= 0.3 is 0 Å². The number of hydrogen-bond acceptors (Lipinski definition) is 3. The van der Waals surface area contributed by atoms with Crippen LogP contribution in [0.2, 0.25) is 5.02 Å². The van der Waals surface area contributed by atoms with E-state index in [-0.39, 0.29) is 5.75 Å². The molecule has 1 aromatic carbocycles. The first kappa shape index (κ1) is 14.9. The fourth-order valence-electron chi connectivity index (χ4n) is 1.21. The van der Waals surface area contributed by atoms with Crippen molar-refractivity contribution in [2.45, 2.75) is 6.54 Å². The second kappa shape index (κ2) is 6.70. The maximum atomic E-state index is 11.1. The number of benzene rings is 1. The Bertz CT molecular complexity index is 479. The second-order valence-corrected chi connectivity index (χ2v) is 6.80. The first-order chi connectivity index (χ1) is 7.94. The largest absolute Gasteiger partial charge is 0.312 e. The molecule has 0 amide bonds. The summed E-state index contributed by atoms with van der Waals surface area (Å²) < 4.78 is 25.5. The zero-order valence-electron chi connectivity index (χ0n) is 9.33. The van der Waals surface area contributed by atoms with E-state index in [1.165, 1.54) is 7.05 Å². The Morgan fingerprint density at radius 3 is 2.76 bits per heavy atom. The van der Waals surface area contributed by atoms with Gasteiger partial charge in [0.2, 0.25) is 10.0 Å². The normalized spacial score (nSPS) is 11.7. The zero-order valence-corrected chi connectivity index (χ0v) is 12.5. The Hall–Kier alpha value is -0.140. The predicted molar refractivity (Wildman–Crippen MR) is 73.7 cm³/mol. The molecule has 0 spiro atoms. The van der Waals surface area contributed by atoms with E-state index in [9.17, 15) is 8.42 Å². The van der Waals surface area contributed by atoms with Crippen molar-refractivity contribution >= 4 is 37.6 Å². The number of halogens is 2. The summed E-state index contributed by atoms with van der Waals surface area (Å²) in [4.78, 5) is 0. The molecule has 0 aromatic heterocycles. The van der Waals surface area contributed by atoms with Crippen LogP contribution >= 0.6 is 27.5 Å². The van der Waals surface area contributed by atoms with Crippen LogP contribution < -0.4 is 10.0 Å². The summed E-state index contributed by atoms with van der Waals surface area (Å²) in [5, 5.41) is 3.70. The van der Waals surface area contributed by atoms with Gasteiger partial charge in [-0.25, -0.2) is 13.1 Å². The van der Waals surface area contributed by atoms with Crippen molar-refractivity contribution in [1.82, 2.24) is 10.0 Å². The van der Waals surface area contributed by atoms with E-state index in [2.05, 4.69) is 26.0 Å². The average molecular weight is 342 g/mol. The Morgan fingerprint density at radius 1 is 1.41 bits per heavy atom. The van der Waals surface area contributed by atoms with Gasteiger partial charge in [0.05, 0.1) is 5.75 Å². The fourth-order valence-corrected chi connectivity index (χ4v) is 2.42. The summed E-state index contributed by atoms with van der Waals surface area (Å²) >= 11 is 9.36. The SMILES string of the molecule is CNS(=O)(=O)CCNCc1cc(Br)ccc1Cl. The minimum atomic E-state index is -3.15.